The second-order valence-corrected chi connectivity index (χ2v) is 6.37. The number of rotatable bonds is 5. The van der Waals surface area contributed by atoms with E-state index in [-0.39, 0.29) is 19.0 Å². The predicted molar refractivity (Wildman–Crippen MR) is 75.4 cm³/mol. The van der Waals surface area contributed by atoms with Gasteiger partial charge in [-0.2, -0.15) is 0 Å². The number of aliphatic hydroxyl groups excluding tert-OH is 1. The maximum absolute atomic E-state index is 12.6. The zero-order valence-corrected chi connectivity index (χ0v) is 12.7. The maximum atomic E-state index is 12.6. The van der Waals surface area contributed by atoms with Gasteiger partial charge in [-0.3, -0.25) is 0 Å². The van der Waals surface area contributed by atoms with Gasteiger partial charge in [0.15, 0.2) is 0 Å². The summed E-state index contributed by atoms with van der Waals surface area (Å²) in [6.07, 6.45) is -0.641. The number of hydrogen-bond donors (Lipinski definition) is 2. The highest BCUT2D eigenvalue weighted by Gasteiger charge is 2.40. The zero-order valence-electron chi connectivity index (χ0n) is 12.7. The molecule has 0 saturated carbocycles. The number of β-amino-alcohol motifs (C(OH)–C–C–N with tert-alkyl or cyclic N) is 1. The van der Waals surface area contributed by atoms with E-state index in [9.17, 15) is 19.8 Å². The predicted octanol–water partition coefficient (Wildman–Crippen LogP) is 1.24. The lowest BCUT2D eigenvalue weighted by Gasteiger charge is -2.32. The number of amides is 2. The van der Waals surface area contributed by atoms with Gasteiger partial charge in [0.05, 0.1) is 6.10 Å². The fraction of sp³-hybridized carbons (Fsp3) is 0.857. The zero-order chi connectivity index (χ0) is 15.4. The van der Waals surface area contributed by atoms with E-state index < -0.39 is 18.1 Å². The lowest BCUT2D eigenvalue weighted by atomic mass is 10.1. The number of aliphatic carboxylic acids is 1. The lowest BCUT2D eigenvalue weighted by Crippen LogP contribution is -2.50. The van der Waals surface area contributed by atoms with Crippen LogP contribution in [-0.2, 0) is 4.79 Å². The van der Waals surface area contributed by atoms with Crippen molar-refractivity contribution in [1.82, 2.24) is 9.80 Å². The molecular weight excluding hydrogens is 260 g/mol. The Balaban J connectivity index is 2.84. The molecule has 6 nitrogen and oxygen atoms in total. The molecule has 1 aliphatic heterocycles. The normalized spacial score (nSPS) is 22.6. The molecule has 1 rings (SSSR count). The number of carboxylic acids is 1. The fourth-order valence-corrected chi connectivity index (χ4v) is 2.55. The quantitative estimate of drug-likeness (QED) is 0.796. The number of nitrogens with zero attached hydrogens (tertiary/aromatic N) is 2. The summed E-state index contributed by atoms with van der Waals surface area (Å²) in [5.74, 6) is -0.425. The van der Waals surface area contributed by atoms with Crippen molar-refractivity contribution in [3.63, 3.8) is 0 Å². The Morgan fingerprint density at radius 2 is 1.70 bits per heavy atom. The van der Waals surface area contributed by atoms with Gasteiger partial charge in [0.2, 0.25) is 0 Å². The number of likely N-dealkylation sites (tertiary alicyclic amines) is 1. The summed E-state index contributed by atoms with van der Waals surface area (Å²) in [5, 5.41) is 18.8. The van der Waals surface area contributed by atoms with E-state index in [1.807, 2.05) is 27.7 Å². The fourth-order valence-electron chi connectivity index (χ4n) is 2.55. The standard InChI is InChI=1S/C14H26N2O4/c1-9(2)6-15(7-10(3)4)14(20)16-8-11(17)5-12(16)13(18)19/h9-12,17H,5-8H2,1-4H3,(H,18,19)/t11-,12+/m1/s1. The first-order valence-electron chi connectivity index (χ1n) is 7.18. The van der Waals surface area contributed by atoms with Gasteiger partial charge in [-0.15, -0.1) is 0 Å². The molecule has 0 radical (unpaired) electrons. The molecule has 1 aliphatic rings. The Kier molecular flexibility index (Phi) is 5.80. The van der Waals surface area contributed by atoms with E-state index in [4.69, 9.17) is 0 Å². The molecule has 0 unspecified atom stereocenters. The molecule has 0 aliphatic carbocycles. The molecule has 0 aromatic carbocycles. The number of carbonyl (C=O) groups excluding carboxylic acids is 1. The summed E-state index contributed by atoms with van der Waals surface area (Å²) in [6, 6.07) is -1.20. The topological polar surface area (TPSA) is 81.1 Å². The van der Waals surface area contributed by atoms with E-state index >= 15 is 0 Å². The van der Waals surface area contributed by atoms with Crippen molar-refractivity contribution < 1.29 is 19.8 Å². The van der Waals surface area contributed by atoms with E-state index in [0.29, 0.717) is 24.9 Å². The van der Waals surface area contributed by atoms with E-state index in [0.717, 1.165) is 0 Å². The average Bonchev–Trinajstić information content (AvgIpc) is 2.68. The van der Waals surface area contributed by atoms with Gasteiger partial charge >= 0.3 is 12.0 Å². The van der Waals surface area contributed by atoms with Crippen molar-refractivity contribution in [3.8, 4) is 0 Å². The lowest BCUT2D eigenvalue weighted by molar-refractivity contribution is -0.141. The smallest absolute Gasteiger partial charge is 0.326 e. The van der Waals surface area contributed by atoms with Crippen molar-refractivity contribution in [2.75, 3.05) is 19.6 Å². The molecule has 1 saturated heterocycles. The maximum Gasteiger partial charge on any atom is 0.326 e. The van der Waals surface area contributed by atoms with Gasteiger partial charge in [-0.1, -0.05) is 27.7 Å². The summed E-state index contributed by atoms with van der Waals surface area (Å²) in [4.78, 5) is 26.7. The number of carbonyl (C=O) groups is 2. The Hall–Kier alpha value is -1.30. The van der Waals surface area contributed by atoms with Gasteiger partial charge in [-0.05, 0) is 11.8 Å². The van der Waals surface area contributed by atoms with Crippen LogP contribution in [-0.4, -0.2) is 63.8 Å². The highest BCUT2D eigenvalue weighted by molar-refractivity contribution is 5.83. The second-order valence-electron chi connectivity index (χ2n) is 6.37. The molecule has 2 amide bonds. The summed E-state index contributed by atoms with van der Waals surface area (Å²) < 4.78 is 0. The minimum Gasteiger partial charge on any atom is -0.480 e. The molecule has 1 fully saturated rings. The molecule has 6 heteroatoms. The first-order valence-corrected chi connectivity index (χ1v) is 7.18. The molecule has 0 aromatic heterocycles. The summed E-state index contributed by atoms with van der Waals surface area (Å²) in [6.45, 7) is 9.37. The highest BCUT2D eigenvalue weighted by Crippen LogP contribution is 2.21. The van der Waals surface area contributed by atoms with Gasteiger partial charge in [0.1, 0.15) is 6.04 Å². The minimum absolute atomic E-state index is 0.0997. The first-order chi connectivity index (χ1) is 9.22. The summed E-state index contributed by atoms with van der Waals surface area (Å²) in [5.41, 5.74) is 0. The number of aliphatic hydroxyl groups is 1. The second kappa shape index (κ2) is 6.92. The summed E-state index contributed by atoms with van der Waals surface area (Å²) >= 11 is 0. The molecule has 116 valence electrons. The summed E-state index contributed by atoms with van der Waals surface area (Å²) in [7, 11) is 0. The van der Waals surface area contributed by atoms with E-state index in [1.165, 1.54) is 4.90 Å². The number of carboxylic acid groups (broad SMARTS) is 1. The van der Waals surface area contributed by atoms with Gasteiger partial charge in [0, 0.05) is 26.1 Å². The van der Waals surface area contributed by atoms with Crippen LogP contribution in [0.5, 0.6) is 0 Å². The van der Waals surface area contributed by atoms with Crippen LogP contribution in [0.15, 0.2) is 0 Å². The Morgan fingerprint density at radius 3 is 2.10 bits per heavy atom. The minimum atomic E-state index is -1.05. The van der Waals surface area contributed by atoms with Crippen molar-refractivity contribution in [3.05, 3.63) is 0 Å². The Morgan fingerprint density at radius 1 is 1.20 bits per heavy atom. The molecule has 2 atom stereocenters. The van der Waals surface area contributed by atoms with Gasteiger partial charge < -0.3 is 20.0 Å². The average molecular weight is 286 g/mol. The van der Waals surface area contributed by atoms with Crippen LogP contribution >= 0.6 is 0 Å². The SMILES string of the molecule is CC(C)CN(CC(C)C)C(=O)N1C[C@H](O)C[C@H]1C(=O)O. The third-order valence-electron chi connectivity index (χ3n) is 3.25. The molecule has 20 heavy (non-hydrogen) atoms. The van der Waals surface area contributed by atoms with Crippen LogP contribution in [0.25, 0.3) is 0 Å². The molecular formula is C14H26N2O4. The van der Waals surface area contributed by atoms with Crippen molar-refractivity contribution in [1.29, 1.82) is 0 Å². The molecule has 0 spiro atoms. The Bertz CT molecular complexity index is 347. The van der Waals surface area contributed by atoms with Gasteiger partial charge in [-0.25, -0.2) is 9.59 Å². The van der Waals surface area contributed by atoms with E-state index in [2.05, 4.69) is 0 Å². The monoisotopic (exact) mass is 286 g/mol. The molecule has 2 N–H and O–H groups in total. The van der Waals surface area contributed by atoms with Crippen LogP contribution in [0.3, 0.4) is 0 Å². The van der Waals surface area contributed by atoms with E-state index in [1.54, 1.807) is 4.90 Å². The largest absolute Gasteiger partial charge is 0.480 e. The first kappa shape index (κ1) is 16.8. The van der Waals surface area contributed by atoms with Crippen molar-refractivity contribution in [2.45, 2.75) is 46.3 Å². The number of urea groups is 1. The van der Waals surface area contributed by atoms with Crippen molar-refractivity contribution in [2.24, 2.45) is 11.8 Å². The highest BCUT2D eigenvalue weighted by atomic mass is 16.4. The molecule has 0 bridgehead atoms. The van der Waals surface area contributed by atoms with Crippen LogP contribution in [0, 0.1) is 11.8 Å². The number of hydrogen-bond acceptors (Lipinski definition) is 3. The molecule has 0 aromatic rings. The van der Waals surface area contributed by atoms with Crippen LogP contribution in [0.2, 0.25) is 0 Å². The third kappa shape index (κ3) is 4.37. The van der Waals surface area contributed by atoms with Crippen LogP contribution in [0.1, 0.15) is 34.1 Å². The third-order valence-corrected chi connectivity index (χ3v) is 3.25. The van der Waals surface area contributed by atoms with Crippen LogP contribution in [0.4, 0.5) is 4.79 Å². The van der Waals surface area contributed by atoms with Crippen molar-refractivity contribution >= 4 is 12.0 Å². The van der Waals surface area contributed by atoms with Gasteiger partial charge in [0.25, 0.3) is 0 Å². The van der Waals surface area contributed by atoms with Crippen LogP contribution < -0.4 is 0 Å². The Labute approximate surface area is 120 Å². The molecule has 1 heterocycles.